The molecule has 21 heavy (non-hydrogen) atoms. The lowest BCUT2D eigenvalue weighted by Crippen LogP contribution is -2.39. The van der Waals surface area contributed by atoms with Crippen LogP contribution in [0.1, 0.15) is 43.2 Å². The summed E-state index contributed by atoms with van der Waals surface area (Å²) >= 11 is 0. The van der Waals surface area contributed by atoms with Gasteiger partial charge in [-0.2, -0.15) is 0 Å². The third-order valence-electron chi connectivity index (χ3n) is 4.76. The quantitative estimate of drug-likeness (QED) is 0.904. The second-order valence-corrected chi connectivity index (χ2v) is 6.50. The maximum atomic E-state index is 10.2. The molecule has 0 aromatic heterocycles. The first-order valence-electron chi connectivity index (χ1n) is 8.40. The average Bonchev–Trinajstić information content (AvgIpc) is 2.54. The highest BCUT2D eigenvalue weighted by Crippen LogP contribution is 2.21. The van der Waals surface area contributed by atoms with Crippen molar-refractivity contribution in [3.05, 3.63) is 35.4 Å². The van der Waals surface area contributed by atoms with E-state index in [1.165, 1.54) is 43.2 Å². The van der Waals surface area contributed by atoms with Crippen molar-refractivity contribution in [3.8, 4) is 0 Å². The SMILES string of the molecule is O[C@@H](COC1CCCCC1)CN1CCc2ccccc2C1. The molecule has 1 aromatic rings. The van der Waals surface area contributed by atoms with Crippen LogP contribution in [-0.2, 0) is 17.7 Å². The molecule has 1 aliphatic carbocycles. The van der Waals surface area contributed by atoms with E-state index in [0.29, 0.717) is 12.7 Å². The standard InChI is InChI=1S/C18H27NO2/c20-17(14-21-18-8-2-1-3-9-18)13-19-11-10-15-6-4-5-7-16(15)12-19/h4-7,17-18,20H,1-3,8-14H2/t17-/m1/s1. The predicted octanol–water partition coefficient (Wildman–Crippen LogP) is 2.75. The molecule has 3 nitrogen and oxygen atoms in total. The lowest BCUT2D eigenvalue weighted by atomic mass is 9.98. The molecule has 1 aromatic carbocycles. The van der Waals surface area contributed by atoms with Crippen molar-refractivity contribution < 1.29 is 9.84 Å². The Hall–Kier alpha value is -0.900. The van der Waals surface area contributed by atoms with Crippen LogP contribution >= 0.6 is 0 Å². The first kappa shape index (κ1) is 15.0. The predicted molar refractivity (Wildman–Crippen MR) is 84.3 cm³/mol. The Balaban J connectivity index is 1.42. The maximum absolute atomic E-state index is 10.2. The molecule has 1 atom stereocenters. The zero-order valence-corrected chi connectivity index (χ0v) is 12.8. The first-order valence-corrected chi connectivity index (χ1v) is 8.40. The van der Waals surface area contributed by atoms with Gasteiger partial charge in [0.05, 0.1) is 18.8 Å². The number of rotatable bonds is 5. The number of ether oxygens (including phenoxy) is 1. The number of β-amino-alcohol motifs (C(OH)–C–C–N with tert-alkyl or cyclic N) is 1. The van der Waals surface area contributed by atoms with Crippen molar-refractivity contribution >= 4 is 0 Å². The molecule has 0 saturated heterocycles. The lowest BCUT2D eigenvalue weighted by molar-refractivity contribution is -0.0344. The van der Waals surface area contributed by atoms with Crippen LogP contribution in [0, 0.1) is 0 Å². The smallest absolute Gasteiger partial charge is 0.0900 e. The van der Waals surface area contributed by atoms with E-state index in [0.717, 1.165) is 26.1 Å². The molecule has 1 fully saturated rings. The average molecular weight is 289 g/mol. The van der Waals surface area contributed by atoms with Gasteiger partial charge in [0.25, 0.3) is 0 Å². The van der Waals surface area contributed by atoms with Crippen LogP contribution in [0.5, 0.6) is 0 Å². The summed E-state index contributed by atoms with van der Waals surface area (Å²) in [6.07, 6.45) is 7.36. The van der Waals surface area contributed by atoms with Gasteiger partial charge in [0.1, 0.15) is 0 Å². The molecule has 0 radical (unpaired) electrons. The Labute approximate surface area is 127 Å². The highest BCUT2D eigenvalue weighted by atomic mass is 16.5. The molecular formula is C18H27NO2. The molecular weight excluding hydrogens is 262 g/mol. The first-order chi connectivity index (χ1) is 10.3. The van der Waals surface area contributed by atoms with Gasteiger partial charge in [-0.15, -0.1) is 0 Å². The molecule has 0 unspecified atom stereocenters. The molecule has 0 amide bonds. The van der Waals surface area contributed by atoms with E-state index >= 15 is 0 Å². The van der Waals surface area contributed by atoms with E-state index in [-0.39, 0.29) is 6.10 Å². The molecule has 1 heterocycles. The van der Waals surface area contributed by atoms with E-state index in [4.69, 9.17) is 4.74 Å². The molecule has 0 spiro atoms. The van der Waals surface area contributed by atoms with Gasteiger partial charge in [0.15, 0.2) is 0 Å². The third-order valence-corrected chi connectivity index (χ3v) is 4.76. The summed E-state index contributed by atoms with van der Waals surface area (Å²) in [5.41, 5.74) is 2.87. The van der Waals surface area contributed by atoms with Gasteiger partial charge in [-0.3, -0.25) is 4.90 Å². The lowest BCUT2D eigenvalue weighted by Gasteiger charge is -2.31. The Morgan fingerprint density at radius 3 is 2.71 bits per heavy atom. The van der Waals surface area contributed by atoms with Crippen LogP contribution in [0.2, 0.25) is 0 Å². The summed E-state index contributed by atoms with van der Waals surface area (Å²) < 4.78 is 5.88. The number of aliphatic hydroxyl groups excluding tert-OH is 1. The fourth-order valence-corrected chi connectivity index (χ4v) is 3.54. The van der Waals surface area contributed by atoms with Crippen molar-refractivity contribution in [2.24, 2.45) is 0 Å². The van der Waals surface area contributed by atoms with Gasteiger partial charge in [0, 0.05) is 19.6 Å². The molecule has 1 aliphatic heterocycles. The molecule has 116 valence electrons. The zero-order chi connectivity index (χ0) is 14.5. The highest BCUT2D eigenvalue weighted by Gasteiger charge is 2.20. The van der Waals surface area contributed by atoms with Crippen LogP contribution in [0.3, 0.4) is 0 Å². The number of nitrogens with zero attached hydrogens (tertiary/aromatic N) is 1. The Bertz CT molecular complexity index is 443. The van der Waals surface area contributed by atoms with Gasteiger partial charge in [0.2, 0.25) is 0 Å². The maximum Gasteiger partial charge on any atom is 0.0900 e. The van der Waals surface area contributed by atoms with E-state index < -0.39 is 0 Å². The van der Waals surface area contributed by atoms with Crippen LogP contribution in [0.15, 0.2) is 24.3 Å². The van der Waals surface area contributed by atoms with Crippen molar-refractivity contribution in [2.75, 3.05) is 19.7 Å². The fraction of sp³-hybridized carbons (Fsp3) is 0.667. The monoisotopic (exact) mass is 289 g/mol. The van der Waals surface area contributed by atoms with Gasteiger partial charge >= 0.3 is 0 Å². The minimum atomic E-state index is -0.364. The normalized spacial score (nSPS) is 22.0. The minimum Gasteiger partial charge on any atom is -0.389 e. The Morgan fingerprint density at radius 1 is 1.14 bits per heavy atom. The third kappa shape index (κ3) is 4.29. The molecule has 2 aliphatic rings. The number of aliphatic hydroxyl groups is 1. The van der Waals surface area contributed by atoms with Crippen molar-refractivity contribution in [1.82, 2.24) is 4.90 Å². The van der Waals surface area contributed by atoms with E-state index in [1.807, 2.05) is 0 Å². The minimum absolute atomic E-state index is 0.364. The van der Waals surface area contributed by atoms with Gasteiger partial charge in [-0.25, -0.2) is 0 Å². The Morgan fingerprint density at radius 2 is 1.90 bits per heavy atom. The summed E-state index contributed by atoms with van der Waals surface area (Å²) in [5.74, 6) is 0. The van der Waals surface area contributed by atoms with E-state index in [1.54, 1.807) is 0 Å². The summed E-state index contributed by atoms with van der Waals surface area (Å²) in [7, 11) is 0. The molecule has 3 heteroatoms. The second kappa shape index (κ2) is 7.39. The van der Waals surface area contributed by atoms with Crippen LogP contribution in [-0.4, -0.2) is 41.9 Å². The molecule has 1 N–H and O–H groups in total. The highest BCUT2D eigenvalue weighted by molar-refractivity contribution is 5.29. The summed E-state index contributed by atoms with van der Waals surface area (Å²) in [6.45, 7) is 3.21. The van der Waals surface area contributed by atoms with Gasteiger partial charge in [-0.05, 0) is 30.4 Å². The number of benzene rings is 1. The van der Waals surface area contributed by atoms with Crippen LogP contribution in [0.4, 0.5) is 0 Å². The summed E-state index contributed by atoms with van der Waals surface area (Å²) in [6, 6.07) is 8.63. The Kier molecular flexibility index (Phi) is 5.28. The fourth-order valence-electron chi connectivity index (χ4n) is 3.54. The van der Waals surface area contributed by atoms with E-state index in [2.05, 4.69) is 29.2 Å². The van der Waals surface area contributed by atoms with Crippen LogP contribution in [0.25, 0.3) is 0 Å². The number of hydrogen-bond donors (Lipinski definition) is 1. The summed E-state index contributed by atoms with van der Waals surface area (Å²) in [4.78, 5) is 2.34. The molecule has 3 rings (SSSR count). The largest absolute Gasteiger partial charge is 0.389 e. The van der Waals surface area contributed by atoms with Gasteiger partial charge < -0.3 is 9.84 Å². The van der Waals surface area contributed by atoms with Crippen molar-refractivity contribution in [2.45, 2.75) is 57.3 Å². The zero-order valence-electron chi connectivity index (χ0n) is 12.8. The van der Waals surface area contributed by atoms with Crippen molar-refractivity contribution in [1.29, 1.82) is 0 Å². The van der Waals surface area contributed by atoms with Gasteiger partial charge in [-0.1, -0.05) is 43.5 Å². The topological polar surface area (TPSA) is 32.7 Å². The molecule has 0 bridgehead atoms. The summed E-state index contributed by atoms with van der Waals surface area (Å²) in [5, 5.41) is 10.2. The second-order valence-electron chi connectivity index (χ2n) is 6.50. The van der Waals surface area contributed by atoms with E-state index in [9.17, 15) is 5.11 Å². The van der Waals surface area contributed by atoms with Crippen LogP contribution < -0.4 is 0 Å². The number of fused-ring (bicyclic) bond motifs is 1. The van der Waals surface area contributed by atoms with Crippen molar-refractivity contribution in [3.63, 3.8) is 0 Å². The molecule has 1 saturated carbocycles. The number of hydrogen-bond acceptors (Lipinski definition) is 3.